The maximum atomic E-state index is 13.2. The molecule has 9 nitrogen and oxygen atoms in total. The summed E-state index contributed by atoms with van der Waals surface area (Å²) >= 11 is 0. The van der Waals surface area contributed by atoms with Crippen molar-refractivity contribution in [2.75, 3.05) is 33.3 Å². The number of allylic oxidation sites excluding steroid dienone is 5. The smallest absolute Gasteiger partial charge is 0.417 e. The predicted octanol–water partition coefficient (Wildman–Crippen LogP) is 5.33. The number of carbonyl (C=O) groups excluding carboxylic acids is 1. The Morgan fingerprint density at radius 1 is 1.32 bits per heavy atom. The number of pyridine rings is 1. The van der Waals surface area contributed by atoms with Gasteiger partial charge in [0.15, 0.2) is 12.0 Å². The lowest BCUT2D eigenvalue weighted by Gasteiger charge is -2.44. The van der Waals surface area contributed by atoms with Gasteiger partial charge in [0, 0.05) is 43.6 Å². The number of ether oxygens (including phenoxy) is 4. The number of hydrogen-bond donors (Lipinski definition) is 1. The molecule has 41 heavy (non-hydrogen) atoms. The van der Waals surface area contributed by atoms with Crippen LogP contribution in [0.5, 0.6) is 5.75 Å². The molecule has 0 unspecified atom stereocenters. The highest BCUT2D eigenvalue weighted by atomic mass is 16.6. The molecular weight excluding hydrogens is 522 g/mol. The zero-order valence-electron chi connectivity index (χ0n) is 23.2. The van der Waals surface area contributed by atoms with Crippen molar-refractivity contribution in [3.63, 3.8) is 0 Å². The third-order valence-corrected chi connectivity index (χ3v) is 8.39. The molecule has 2 aromatic rings. The highest BCUT2D eigenvalue weighted by Crippen LogP contribution is 2.42. The molecule has 6 rings (SSSR count). The summed E-state index contributed by atoms with van der Waals surface area (Å²) in [7, 11) is 1.62. The maximum absolute atomic E-state index is 13.2. The molecule has 1 aromatic carbocycles. The first-order valence-electron chi connectivity index (χ1n) is 14.0. The van der Waals surface area contributed by atoms with E-state index in [1.54, 1.807) is 19.6 Å². The minimum atomic E-state index is -0.722. The summed E-state index contributed by atoms with van der Waals surface area (Å²) in [5, 5.41) is 12.2. The molecule has 0 saturated carbocycles. The third kappa shape index (κ3) is 5.35. The van der Waals surface area contributed by atoms with Gasteiger partial charge < -0.3 is 24.1 Å². The largest absolute Gasteiger partial charge is 0.497 e. The number of methoxy groups -OCH3 is 1. The number of fused-ring (bicyclic) bond motifs is 1. The first kappa shape index (κ1) is 27.1. The minimum Gasteiger partial charge on any atom is -0.497 e. The van der Waals surface area contributed by atoms with Gasteiger partial charge in [-0.25, -0.2) is 9.69 Å². The molecule has 1 amide bonds. The number of likely N-dealkylation sites (tertiary alicyclic amines) is 1. The van der Waals surface area contributed by atoms with Gasteiger partial charge in [-0.05, 0) is 54.7 Å². The fraction of sp³-hybridized carbons (Fsp3) is 0.375. The van der Waals surface area contributed by atoms with E-state index in [4.69, 9.17) is 18.9 Å². The molecule has 1 aromatic heterocycles. The number of rotatable bonds is 8. The average molecular weight is 558 g/mol. The van der Waals surface area contributed by atoms with Gasteiger partial charge in [0.1, 0.15) is 17.6 Å². The summed E-state index contributed by atoms with van der Waals surface area (Å²) in [5.74, 6) is 1.65. The number of hydrogen-bond acceptors (Lipinski definition) is 8. The number of aliphatic hydroxyl groups excluding tert-OH is 1. The number of piperidine rings is 1. The summed E-state index contributed by atoms with van der Waals surface area (Å²) in [4.78, 5) is 21.4. The van der Waals surface area contributed by atoms with E-state index in [0.29, 0.717) is 50.7 Å². The van der Waals surface area contributed by atoms with E-state index in [9.17, 15) is 9.90 Å². The number of carbonyl (C=O) groups is 1. The van der Waals surface area contributed by atoms with Gasteiger partial charge in [-0.1, -0.05) is 24.3 Å². The maximum Gasteiger partial charge on any atom is 0.417 e. The van der Waals surface area contributed by atoms with Crippen molar-refractivity contribution in [3.8, 4) is 5.75 Å². The highest BCUT2D eigenvalue weighted by Gasteiger charge is 2.54. The Balaban J connectivity index is 1.15. The Morgan fingerprint density at radius 2 is 2.22 bits per heavy atom. The van der Waals surface area contributed by atoms with Gasteiger partial charge >= 0.3 is 6.09 Å². The van der Waals surface area contributed by atoms with Crippen LogP contribution in [0.4, 0.5) is 4.79 Å². The number of aliphatic hydroxyl groups is 1. The topological polar surface area (TPSA) is 93.6 Å². The monoisotopic (exact) mass is 557 g/mol. The number of amides is 1. The molecule has 3 atom stereocenters. The zero-order valence-corrected chi connectivity index (χ0v) is 23.2. The molecular formula is C32H35N3O6. The molecule has 2 fully saturated rings. The number of β-amino-alcohol motifs (C(OH)–C–C–N with tert-alkyl or cyclic N) is 1. The summed E-state index contributed by atoms with van der Waals surface area (Å²) in [5.41, 5.74) is 1.95. The second-order valence-electron chi connectivity index (χ2n) is 10.9. The van der Waals surface area contributed by atoms with E-state index < -0.39 is 17.8 Å². The Kier molecular flexibility index (Phi) is 7.55. The second-order valence-corrected chi connectivity index (χ2v) is 10.9. The molecule has 3 aliphatic heterocycles. The van der Waals surface area contributed by atoms with Gasteiger partial charge in [0.25, 0.3) is 0 Å². The molecule has 1 spiro atoms. The molecule has 4 heterocycles. The third-order valence-electron chi connectivity index (χ3n) is 8.39. The van der Waals surface area contributed by atoms with Crippen molar-refractivity contribution in [3.05, 3.63) is 96.6 Å². The molecule has 0 bridgehead atoms. The van der Waals surface area contributed by atoms with Crippen LogP contribution < -0.4 is 4.74 Å². The molecule has 1 N–H and O–H groups in total. The van der Waals surface area contributed by atoms with Crippen LogP contribution in [-0.4, -0.2) is 64.9 Å². The number of nitrogens with zero attached hydrogens (tertiary/aromatic N) is 3. The van der Waals surface area contributed by atoms with Crippen molar-refractivity contribution < 1.29 is 28.8 Å². The lowest BCUT2D eigenvalue weighted by molar-refractivity contribution is -0.0553. The summed E-state index contributed by atoms with van der Waals surface area (Å²) in [6.45, 7) is 6.08. The van der Waals surface area contributed by atoms with E-state index in [-0.39, 0.29) is 5.92 Å². The van der Waals surface area contributed by atoms with Crippen LogP contribution in [-0.2, 0) is 14.2 Å². The normalized spacial score (nSPS) is 25.1. The van der Waals surface area contributed by atoms with Gasteiger partial charge in [0.2, 0.25) is 5.88 Å². The van der Waals surface area contributed by atoms with Crippen LogP contribution in [0.15, 0.2) is 91.1 Å². The van der Waals surface area contributed by atoms with Gasteiger partial charge in [0.05, 0.1) is 25.3 Å². The van der Waals surface area contributed by atoms with Crippen molar-refractivity contribution >= 4 is 17.0 Å². The molecule has 214 valence electrons. The standard InChI is InChI=1S/C32H35N3O6/c1-3-7-23-17-34(18-28(36)25-12-14-33-27-11-10-24(38-2)16-26(25)27)15-13-32(23)21-35(31(37)41-32)30-20-39-19-29(40-30)22-8-5-4-6-9-22/h3-5,8,10-12,14,16,19-20,23,28,36H,1,6-7,9,13,15,17-18,21H2,2H3/t23-,28+,32+/m0/s1. The quantitative estimate of drug-likeness (QED) is 0.436. The highest BCUT2D eigenvalue weighted by molar-refractivity contribution is 5.83. The van der Waals surface area contributed by atoms with Gasteiger partial charge in [-0.15, -0.1) is 6.58 Å². The van der Waals surface area contributed by atoms with Crippen molar-refractivity contribution in [1.82, 2.24) is 14.8 Å². The zero-order chi connectivity index (χ0) is 28.4. The van der Waals surface area contributed by atoms with Crippen LogP contribution >= 0.6 is 0 Å². The molecule has 0 radical (unpaired) electrons. The second kappa shape index (κ2) is 11.4. The number of benzene rings is 1. The average Bonchev–Trinajstić information content (AvgIpc) is 3.35. The van der Waals surface area contributed by atoms with Crippen LogP contribution in [0.25, 0.3) is 10.9 Å². The Morgan fingerprint density at radius 3 is 3.02 bits per heavy atom. The van der Waals surface area contributed by atoms with Crippen LogP contribution in [0.2, 0.25) is 0 Å². The first-order chi connectivity index (χ1) is 20.0. The Labute approximate surface area is 239 Å². The predicted molar refractivity (Wildman–Crippen MR) is 153 cm³/mol. The molecule has 9 heteroatoms. The first-order valence-corrected chi connectivity index (χ1v) is 14.0. The molecule has 1 aliphatic carbocycles. The van der Waals surface area contributed by atoms with Crippen molar-refractivity contribution in [2.24, 2.45) is 5.92 Å². The van der Waals surface area contributed by atoms with Crippen LogP contribution in [0.3, 0.4) is 0 Å². The van der Waals surface area contributed by atoms with E-state index >= 15 is 0 Å². The van der Waals surface area contributed by atoms with Crippen LogP contribution in [0.1, 0.15) is 37.4 Å². The summed E-state index contributed by atoms with van der Waals surface area (Å²) < 4.78 is 23.2. The lowest BCUT2D eigenvalue weighted by atomic mass is 9.78. The van der Waals surface area contributed by atoms with E-state index in [0.717, 1.165) is 40.6 Å². The Bertz CT molecular complexity index is 1460. The van der Waals surface area contributed by atoms with E-state index in [1.165, 1.54) is 11.2 Å². The molecule has 4 aliphatic rings. The van der Waals surface area contributed by atoms with Gasteiger partial charge in [-0.2, -0.15) is 0 Å². The SMILES string of the molecule is C=CC[C@H]1CN(C[C@@H](O)c2ccnc3ccc(OC)cc23)CC[C@@]12CN(C1=COC=C(C3=CC=CCC3)O1)C(=O)O2. The van der Waals surface area contributed by atoms with Crippen LogP contribution in [0, 0.1) is 5.92 Å². The van der Waals surface area contributed by atoms with Gasteiger partial charge in [-0.3, -0.25) is 9.88 Å². The van der Waals surface area contributed by atoms with Crippen molar-refractivity contribution in [1.29, 1.82) is 0 Å². The minimum absolute atomic E-state index is 0.00418. The Hall–Kier alpha value is -4.08. The van der Waals surface area contributed by atoms with Crippen molar-refractivity contribution in [2.45, 2.75) is 37.4 Å². The number of aromatic nitrogens is 1. The summed E-state index contributed by atoms with van der Waals surface area (Å²) in [6.07, 6.45) is 14.6. The lowest BCUT2D eigenvalue weighted by Crippen LogP contribution is -2.54. The molecule has 2 saturated heterocycles. The fourth-order valence-corrected chi connectivity index (χ4v) is 6.17. The van der Waals surface area contributed by atoms with E-state index in [1.807, 2.05) is 42.5 Å². The fourth-order valence-electron chi connectivity index (χ4n) is 6.17. The summed E-state index contributed by atoms with van der Waals surface area (Å²) in [6, 6.07) is 7.53. The van der Waals surface area contributed by atoms with E-state index in [2.05, 4.69) is 22.5 Å².